The number of aromatic nitrogens is 3. The average Bonchev–Trinajstić information content (AvgIpc) is 3.37. The highest BCUT2D eigenvalue weighted by Gasteiger charge is 2.28. The molecule has 0 aliphatic carbocycles. The van der Waals surface area contributed by atoms with Gasteiger partial charge in [0, 0.05) is 31.0 Å². The van der Waals surface area contributed by atoms with Crippen molar-refractivity contribution in [2.45, 2.75) is 25.1 Å². The molecule has 4 aromatic rings. The van der Waals surface area contributed by atoms with Crippen molar-refractivity contribution in [2.75, 3.05) is 12.3 Å². The van der Waals surface area contributed by atoms with E-state index in [9.17, 15) is 4.79 Å². The van der Waals surface area contributed by atoms with Gasteiger partial charge >= 0.3 is 0 Å². The summed E-state index contributed by atoms with van der Waals surface area (Å²) >= 11 is 1.26. The van der Waals surface area contributed by atoms with Crippen LogP contribution in [-0.2, 0) is 17.8 Å². The predicted molar refractivity (Wildman–Crippen MR) is 108 cm³/mol. The van der Waals surface area contributed by atoms with Crippen molar-refractivity contribution in [3.8, 4) is 11.3 Å². The number of fused-ring (bicyclic) bond motifs is 2. The van der Waals surface area contributed by atoms with Crippen molar-refractivity contribution >= 4 is 28.4 Å². The monoisotopic (exact) mass is 406 g/mol. The average molecular weight is 406 g/mol. The minimum absolute atomic E-state index is 0.0292. The van der Waals surface area contributed by atoms with Crippen molar-refractivity contribution in [1.29, 1.82) is 0 Å². The van der Waals surface area contributed by atoms with Gasteiger partial charge in [-0.15, -0.1) is 10.2 Å². The second-order valence-corrected chi connectivity index (χ2v) is 7.83. The Morgan fingerprint density at radius 3 is 2.90 bits per heavy atom. The molecule has 0 fully saturated rings. The van der Waals surface area contributed by atoms with Crippen LogP contribution in [-0.4, -0.2) is 38.5 Å². The van der Waals surface area contributed by atoms with Gasteiger partial charge in [0.25, 0.3) is 5.22 Å². The highest BCUT2D eigenvalue weighted by molar-refractivity contribution is 7.99. The van der Waals surface area contributed by atoms with E-state index in [4.69, 9.17) is 8.94 Å². The summed E-state index contributed by atoms with van der Waals surface area (Å²) in [4.78, 5) is 14.6. The standard InChI is InChI=1S/C21H18N4O3S/c1-13-22-23-21(27-13)29-12-19(26)25-10-9-18-17(11-25)20(24-28-18)16-8-4-6-14-5-2-3-7-15(14)16/h2-8H,9-12H2,1H3. The normalized spacial score (nSPS) is 13.6. The third-order valence-corrected chi connectivity index (χ3v) is 5.85. The summed E-state index contributed by atoms with van der Waals surface area (Å²) in [5.74, 6) is 1.64. The van der Waals surface area contributed by atoms with Crippen molar-refractivity contribution in [3.63, 3.8) is 0 Å². The maximum atomic E-state index is 12.7. The van der Waals surface area contributed by atoms with Crippen LogP contribution in [0, 0.1) is 6.92 Å². The lowest BCUT2D eigenvalue weighted by Crippen LogP contribution is -2.36. The Hall–Kier alpha value is -3.13. The van der Waals surface area contributed by atoms with Crippen LogP contribution in [0.25, 0.3) is 22.0 Å². The number of thioether (sulfide) groups is 1. The van der Waals surface area contributed by atoms with E-state index in [1.54, 1.807) is 6.92 Å². The van der Waals surface area contributed by atoms with Crippen LogP contribution in [0.1, 0.15) is 17.2 Å². The van der Waals surface area contributed by atoms with E-state index in [1.807, 2.05) is 23.1 Å². The molecule has 1 amide bonds. The number of hydrogen-bond acceptors (Lipinski definition) is 7. The van der Waals surface area contributed by atoms with Gasteiger partial charge in [0.05, 0.1) is 12.3 Å². The quantitative estimate of drug-likeness (QED) is 0.476. The fourth-order valence-corrected chi connectivity index (χ4v) is 4.32. The predicted octanol–water partition coefficient (Wildman–Crippen LogP) is 3.86. The molecular formula is C21H18N4O3S. The maximum Gasteiger partial charge on any atom is 0.277 e. The fourth-order valence-electron chi connectivity index (χ4n) is 3.62. The molecule has 0 atom stereocenters. The molecule has 8 heteroatoms. The second kappa shape index (κ2) is 7.36. The van der Waals surface area contributed by atoms with E-state index in [2.05, 4.69) is 39.6 Å². The van der Waals surface area contributed by atoms with E-state index in [1.165, 1.54) is 11.8 Å². The zero-order valence-electron chi connectivity index (χ0n) is 15.8. The lowest BCUT2D eigenvalue weighted by atomic mass is 9.97. The Kier molecular flexibility index (Phi) is 4.55. The maximum absolute atomic E-state index is 12.7. The smallest absolute Gasteiger partial charge is 0.277 e. The number of carbonyl (C=O) groups is 1. The van der Waals surface area contributed by atoms with Gasteiger partial charge in [-0.1, -0.05) is 59.4 Å². The van der Waals surface area contributed by atoms with Crippen molar-refractivity contribution in [1.82, 2.24) is 20.3 Å². The van der Waals surface area contributed by atoms with E-state index >= 15 is 0 Å². The molecule has 0 N–H and O–H groups in total. The first-order chi connectivity index (χ1) is 14.2. The molecule has 1 aliphatic heterocycles. The molecule has 0 unspecified atom stereocenters. The summed E-state index contributed by atoms with van der Waals surface area (Å²) in [6, 6.07) is 14.4. The molecule has 0 radical (unpaired) electrons. The molecule has 0 saturated carbocycles. The summed E-state index contributed by atoms with van der Waals surface area (Å²) in [7, 11) is 0. The first kappa shape index (κ1) is 17.9. The molecular weight excluding hydrogens is 388 g/mol. The summed E-state index contributed by atoms with van der Waals surface area (Å²) in [5.41, 5.74) is 2.83. The van der Waals surface area contributed by atoms with Gasteiger partial charge in [0.2, 0.25) is 11.8 Å². The molecule has 2 aromatic heterocycles. The fraction of sp³-hybridized carbons (Fsp3) is 0.238. The Morgan fingerprint density at radius 1 is 1.17 bits per heavy atom. The topological polar surface area (TPSA) is 85.3 Å². The zero-order chi connectivity index (χ0) is 19.8. The molecule has 0 saturated heterocycles. The van der Waals surface area contributed by atoms with E-state index in [0.717, 1.165) is 33.4 Å². The number of benzene rings is 2. The highest BCUT2D eigenvalue weighted by atomic mass is 32.2. The van der Waals surface area contributed by atoms with Crippen LogP contribution in [0.3, 0.4) is 0 Å². The highest BCUT2D eigenvalue weighted by Crippen LogP contribution is 2.34. The molecule has 7 nitrogen and oxygen atoms in total. The lowest BCUT2D eigenvalue weighted by molar-refractivity contribution is -0.129. The Balaban J connectivity index is 1.39. The number of aryl methyl sites for hydroxylation is 1. The number of nitrogens with zero attached hydrogens (tertiary/aromatic N) is 4. The molecule has 0 spiro atoms. The largest absolute Gasteiger partial charge is 0.416 e. The van der Waals surface area contributed by atoms with Gasteiger partial charge < -0.3 is 13.8 Å². The summed E-state index contributed by atoms with van der Waals surface area (Å²) < 4.78 is 11.0. The van der Waals surface area contributed by atoms with E-state index < -0.39 is 0 Å². The van der Waals surface area contributed by atoms with Crippen molar-refractivity contribution in [2.24, 2.45) is 0 Å². The van der Waals surface area contributed by atoms with Gasteiger partial charge in [0.1, 0.15) is 11.5 Å². The van der Waals surface area contributed by atoms with Gasteiger partial charge in [-0.25, -0.2) is 0 Å². The summed E-state index contributed by atoms with van der Waals surface area (Å²) in [6.45, 7) is 2.82. The zero-order valence-corrected chi connectivity index (χ0v) is 16.6. The molecule has 2 aromatic carbocycles. The van der Waals surface area contributed by atoms with Crippen molar-refractivity contribution in [3.05, 3.63) is 59.7 Å². The first-order valence-electron chi connectivity index (χ1n) is 9.35. The second-order valence-electron chi connectivity index (χ2n) is 6.90. The minimum atomic E-state index is 0.0292. The lowest BCUT2D eigenvalue weighted by Gasteiger charge is -2.26. The number of amides is 1. The molecule has 5 rings (SSSR count). The van der Waals surface area contributed by atoms with Crippen molar-refractivity contribution < 1.29 is 13.7 Å². The van der Waals surface area contributed by atoms with E-state index in [0.29, 0.717) is 30.6 Å². The summed E-state index contributed by atoms with van der Waals surface area (Å²) in [6.07, 6.45) is 0.656. The van der Waals surface area contributed by atoms with Crippen LogP contribution >= 0.6 is 11.8 Å². The van der Waals surface area contributed by atoms with Gasteiger partial charge in [0.15, 0.2) is 0 Å². The molecule has 29 heavy (non-hydrogen) atoms. The van der Waals surface area contributed by atoms with Crippen LogP contribution in [0.5, 0.6) is 0 Å². The minimum Gasteiger partial charge on any atom is -0.416 e. The summed E-state index contributed by atoms with van der Waals surface area (Å²) in [5, 5.41) is 14.8. The van der Waals surface area contributed by atoms with E-state index in [-0.39, 0.29) is 11.7 Å². The number of carbonyl (C=O) groups excluding carboxylic acids is 1. The Bertz CT molecular complexity index is 1190. The molecule has 146 valence electrons. The Labute approximate surface area is 171 Å². The third kappa shape index (κ3) is 3.40. The molecule has 3 heterocycles. The number of hydrogen-bond donors (Lipinski definition) is 0. The van der Waals surface area contributed by atoms with Gasteiger partial charge in [-0.3, -0.25) is 4.79 Å². The van der Waals surface area contributed by atoms with Crippen LogP contribution in [0.4, 0.5) is 0 Å². The first-order valence-corrected chi connectivity index (χ1v) is 10.3. The van der Waals surface area contributed by atoms with Gasteiger partial charge in [-0.05, 0) is 10.8 Å². The third-order valence-electron chi connectivity index (χ3n) is 5.05. The number of rotatable bonds is 4. The Morgan fingerprint density at radius 2 is 2.03 bits per heavy atom. The molecule has 1 aliphatic rings. The molecule has 0 bridgehead atoms. The van der Waals surface area contributed by atoms with Crippen LogP contribution in [0.15, 0.2) is 56.6 Å². The van der Waals surface area contributed by atoms with Crippen LogP contribution in [0.2, 0.25) is 0 Å². The van der Waals surface area contributed by atoms with Gasteiger partial charge in [-0.2, -0.15) is 0 Å². The van der Waals surface area contributed by atoms with Crippen LogP contribution < -0.4 is 0 Å². The SMILES string of the molecule is Cc1nnc(SCC(=O)N2CCc3onc(-c4cccc5ccccc45)c3C2)o1.